The molecular weight excluding hydrogens is 332 g/mol. The molecule has 132 valence electrons. The van der Waals surface area contributed by atoms with E-state index in [9.17, 15) is 9.59 Å². The lowest BCUT2D eigenvalue weighted by Gasteiger charge is -2.09. The minimum absolute atomic E-state index is 0.125. The van der Waals surface area contributed by atoms with Crippen molar-refractivity contribution in [3.05, 3.63) is 73.3 Å². The van der Waals surface area contributed by atoms with Crippen LogP contribution in [0.4, 0.5) is 5.69 Å². The second kappa shape index (κ2) is 8.48. The molecular formula is C19H18N4O3. The molecule has 0 atom stereocenters. The molecule has 2 N–H and O–H groups in total. The maximum absolute atomic E-state index is 11.9. The molecule has 3 rings (SSSR count). The molecule has 3 aromatic rings. The van der Waals surface area contributed by atoms with E-state index in [-0.39, 0.29) is 25.0 Å². The maximum atomic E-state index is 11.9. The smallest absolute Gasteiger partial charge is 0.258 e. The Kier molecular flexibility index (Phi) is 5.61. The standard InChI is InChI=1S/C19H18N4O3/c24-18(12-21-19(25)13-26-17-4-2-1-3-5-17)22-15-6-8-16(9-7-15)23-11-10-20-14-23/h1-11,14H,12-13H2,(H,21,25)(H,22,24). The number of amides is 2. The van der Waals surface area contributed by atoms with Gasteiger partial charge in [-0.05, 0) is 36.4 Å². The Labute approximate surface area is 150 Å². The molecule has 1 aromatic heterocycles. The quantitative estimate of drug-likeness (QED) is 0.683. The molecule has 0 aliphatic rings. The van der Waals surface area contributed by atoms with Gasteiger partial charge in [-0.3, -0.25) is 9.59 Å². The Bertz CT molecular complexity index is 846. The lowest BCUT2D eigenvalue weighted by molar-refractivity contribution is -0.125. The summed E-state index contributed by atoms with van der Waals surface area (Å²) in [5, 5.41) is 5.24. The Morgan fingerprint density at radius 1 is 1.00 bits per heavy atom. The second-order valence-corrected chi connectivity index (χ2v) is 5.44. The van der Waals surface area contributed by atoms with Crippen LogP contribution in [0.3, 0.4) is 0 Å². The van der Waals surface area contributed by atoms with Crippen LogP contribution in [0.5, 0.6) is 5.75 Å². The zero-order chi connectivity index (χ0) is 18.2. The van der Waals surface area contributed by atoms with Crippen molar-refractivity contribution in [1.82, 2.24) is 14.9 Å². The summed E-state index contributed by atoms with van der Waals surface area (Å²) in [5.41, 5.74) is 1.58. The van der Waals surface area contributed by atoms with Crippen molar-refractivity contribution >= 4 is 17.5 Å². The predicted octanol–water partition coefficient (Wildman–Crippen LogP) is 2.01. The van der Waals surface area contributed by atoms with Crippen LogP contribution in [0, 0.1) is 0 Å². The topological polar surface area (TPSA) is 85.2 Å². The van der Waals surface area contributed by atoms with Crippen molar-refractivity contribution in [2.24, 2.45) is 0 Å². The molecule has 0 aliphatic heterocycles. The molecule has 0 bridgehead atoms. The van der Waals surface area contributed by atoms with Gasteiger partial charge in [-0.15, -0.1) is 0 Å². The number of para-hydroxylation sites is 1. The van der Waals surface area contributed by atoms with E-state index in [2.05, 4.69) is 15.6 Å². The SMILES string of the molecule is O=C(COc1ccccc1)NCC(=O)Nc1ccc(-n2ccnc2)cc1. The molecule has 2 amide bonds. The molecule has 0 spiro atoms. The van der Waals surface area contributed by atoms with E-state index in [1.165, 1.54) is 0 Å². The Balaban J connectivity index is 1.41. The summed E-state index contributed by atoms with van der Waals surface area (Å²) in [7, 11) is 0. The molecule has 0 unspecified atom stereocenters. The number of aromatic nitrogens is 2. The van der Waals surface area contributed by atoms with Crippen LogP contribution in [0.2, 0.25) is 0 Å². The van der Waals surface area contributed by atoms with Gasteiger partial charge in [-0.25, -0.2) is 4.98 Å². The fourth-order valence-electron chi connectivity index (χ4n) is 2.23. The number of imidazole rings is 1. The number of carbonyl (C=O) groups is 2. The first-order valence-electron chi connectivity index (χ1n) is 8.03. The number of hydrogen-bond donors (Lipinski definition) is 2. The minimum atomic E-state index is -0.362. The summed E-state index contributed by atoms with van der Waals surface area (Å²) in [6.07, 6.45) is 5.22. The highest BCUT2D eigenvalue weighted by molar-refractivity contribution is 5.94. The number of anilines is 1. The fraction of sp³-hybridized carbons (Fsp3) is 0.105. The molecule has 0 saturated heterocycles. The lowest BCUT2D eigenvalue weighted by atomic mass is 10.2. The third-order valence-electron chi connectivity index (χ3n) is 3.51. The van der Waals surface area contributed by atoms with Gasteiger partial charge in [0, 0.05) is 23.8 Å². The van der Waals surface area contributed by atoms with Gasteiger partial charge < -0.3 is 19.9 Å². The minimum Gasteiger partial charge on any atom is -0.484 e. The van der Waals surface area contributed by atoms with Crippen LogP contribution in [0.15, 0.2) is 73.3 Å². The summed E-state index contributed by atoms with van der Waals surface area (Å²) < 4.78 is 7.18. The fourth-order valence-corrected chi connectivity index (χ4v) is 2.23. The molecule has 7 nitrogen and oxygen atoms in total. The molecule has 26 heavy (non-hydrogen) atoms. The summed E-state index contributed by atoms with van der Waals surface area (Å²) in [5.74, 6) is -0.0713. The molecule has 0 fully saturated rings. The van der Waals surface area contributed by atoms with Crippen LogP contribution < -0.4 is 15.4 Å². The van der Waals surface area contributed by atoms with E-state index >= 15 is 0 Å². The van der Waals surface area contributed by atoms with Crippen molar-refractivity contribution in [3.8, 4) is 11.4 Å². The number of carbonyl (C=O) groups excluding carboxylic acids is 2. The highest BCUT2D eigenvalue weighted by Gasteiger charge is 2.07. The van der Waals surface area contributed by atoms with Gasteiger partial charge >= 0.3 is 0 Å². The van der Waals surface area contributed by atoms with Crippen molar-refractivity contribution in [3.63, 3.8) is 0 Å². The summed E-state index contributed by atoms with van der Waals surface area (Å²) in [6.45, 7) is -0.267. The van der Waals surface area contributed by atoms with E-state index in [0.29, 0.717) is 11.4 Å². The summed E-state index contributed by atoms with van der Waals surface area (Å²) in [6, 6.07) is 16.3. The van der Waals surface area contributed by atoms with E-state index in [1.54, 1.807) is 36.8 Å². The van der Waals surface area contributed by atoms with Crippen molar-refractivity contribution in [2.75, 3.05) is 18.5 Å². The van der Waals surface area contributed by atoms with Gasteiger partial charge in [0.2, 0.25) is 5.91 Å². The monoisotopic (exact) mass is 350 g/mol. The number of benzene rings is 2. The Hall–Kier alpha value is -3.61. The van der Waals surface area contributed by atoms with Crippen molar-refractivity contribution < 1.29 is 14.3 Å². The first kappa shape index (κ1) is 17.2. The number of rotatable bonds is 7. The normalized spacial score (nSPS) is 10.2. The Morgan fingerprint density at radius 2 is 1.77 bits per heavy atom. The van der Waals surface area contributed by atoms with Crippen molar-refractivity contribution in [1.29, 1.82) is 0 Å². The molecule has 0 radical (unpaired) electrons. The average Bonchev–Trinajstić information content (AvgIpc) is 3.21. The second-order valence-electron chi connectivity index (χ2n) is 5.44. The van der Waals surface area contributed by atoms with Crippen LogP contribution >= 0.6 is 0 Å². The number of ether oxygens (including phenoxy) is 1. The zero-order valence-corrected chi connectivity index (χ0v) is 14.0. The van der Waals surface area contributed by atoms with E-state index in [0.717, 1.165) is 5.69 Å². The molecule has 0 aliphatic carbocycles. The largest absolute Gasteiger partial charge is 0.484 e. The van der Waals surface area contributed by atoms with Gasteiger partial charge in [0.1, 0.15) is 5.75 Å². The molecule has 7 heteroatoms. The van der Waals surface area contributed by atoms with Gasteiger partial charge in [0.25, 0.3) is 5.91 Å². The van der Waals surface area contributed by atoms with Gasteiger partial charge in [-0.2, -0.15) is 0 Å². The van der Waals surface area contributed by atoms with Crippen LogP contribution in [0.25, 0.3) is 5.69 Å². The highest BCUT2D eigenvalue weighted by atomic mass is 16.5. The van der Waals surface area contributed by atoms with Gasteiger partial charge in [0.15, 0.2) is 6.61 Å². The maximum Gasteiger partial charge on any atom is 0.258 e. The van der Waals surface area contributed by atoms with Crippen molar-refractivity contribution in [2.45, 2.75) is 0 Å². The zero-order valence-electron chi connectivity index (χ0n) is 14.0. The van der Waals surface area contributed by atoms with Crippen LogP contribution in [-0.4, -0.2) is 34.5 Å². The summed E-state index contributed by atoms with van der Waals surface area (Å²) >= 11 is 0. The Morgan fingerprint density at radius 3 is 2.46 bits per heavy atom. The first-order chi connectivity index (χ1) is 12.7. The summed E-state index contributed by atoms with van der Waals surface area (Å²) in [4.78, 5) is 27.6. The van der Waals surface area contributed by atoms with Gasteiger partial charge in [-0.1, -0.05) is 18.2 Å². The van der Waals surface area contributed by atoms with E-state index in [1.807, 2.05) is 41.1 Å². The van der Waals surface area contributed by atoms with Crippen LogP contribution in [0.1, 0.15) is 0 Å². The number of nitrogens with zero attached hydrogens (tertiary/aromatic N) is 2. The third-order valence-corrected chi connectivity index (χ3v) is 3.51. The molecule has 2 aromatic carbocycles. The van der Waals surface area contributed by atoms with Crippen LogP contribution in [-0.2, 0) is 9.59 Å². The van der Waals surface area contributed by atoms with E-state index in [4.69, 9.17) is 4.74 Å². The molecule has 0 saturated carbocycles. The first-order valence-corrected chi connectivity index (χ1v) is 8.03. The average molecular weight is 350 g/mol. The number of hydrogen-bond acceptors (Lipinski definition) is 4. The number of nitrogens with one attached hydrogen (secondary N) is 2. The lowest BCUT2D eigenvalue weighted by Crippen LogP contribution is -2.35. The highest BCUT2D eigenvalue weighted by Crippen LogP contribution is 2.12. The van der Waals surface area contributed by atoms with Gasteiger partial charge in [0.05, 0.1) is 12.9 Å². The molecule has 1 heterocycles. The predicted molar refractivity (Wildman–Crippen MR) is 97.1 cm³/mol. The van der Waals surface area contributed by atoms with E-state index < -0.39 is 0 Å². The third kappa shape index (κ3) is 4.94.